The highest BCUT2D eigenvalue weighted by molar-refractivity contribution is 9.10. The van der Waals surface area contributed by atoms with E-state index in [4.69, 9.17) is 16.3 Å². The van der Waals surface area contributed by atoms with E-state index in [2.05, 4.69) is 26.6 Å². The van der Waals surface area contributed by atoms with Gasteiger partial charge in [-0.15, -0.1) is 0 Å². The number of hydrogen-bond acceptors (Lipinski definition) is 5. The van der Waals surface area contributed by atoms with Crippen LogP contribution in [0, 0.1) is 13.8 Å². The first kappa shape index (κ1) is 26.8. The predicted octanol–water partition coefficient (Wildman–Crippen LogP) is 6.77. The van der Waals surface area contributed by atoms with Crippen LogP contribution in [0.5, 0.6) is 0 Å². The maximum atomic E-state index is 12.2. The van der Waals surface area contributed by atoms with Gasteiger partial charge in [-0.05, 0) is 85.6 Å². The second kappa shape index (κ2) is 12.8. The third-order valence-electron chi connectivity index (χ3n) is 4.89. The van der Waals surface area contributed by atoms with Crippen LogP contribution in [0.1, 0.15) is 24.0 Å². The molecule has 0 saturated heterocycles. The summed E-state index contributed by atoms with van der Waals surface area (Å²) in [6, 6.07) is 18.7. The molecular formula is C26H24BrClN2O4S. The lowest BCUT2D eigenvalue weighted by Crippen LogP contribution is -2.22. The lowest BCUT2D eigenvalue weighted by atomic mass is 10.1. The molecule has 2 N–H and O–H groups in total. The third-order valence-corrected chi connectivity index (χ3v) is 7.01. The van der Waals surface area contributed by atoms with Crippen molar-refractivity contribution in [3.63, 3.8) is 0 Å². The van der Waals surface area contributed by atoms with Crippen molar-refractivity contribution in [1.29, 1.82) is 0 Å². The van der Waals surface area contributed by atoms with Gasteiger partial charge in [-0.1, -0.05) is 39.3 Å². The fourth-order valence-corrected chi connectivity index (χ4v) is 4.40. The van der Waals surface area contributed by atoms with Gasteiger partial charge in [0.15, 0.2) is 6.61 Å². The molecule has 0 aliphatic heterocycles. The van der Waals surface area contributed by atoms with Crippen LogP contribution < -0.4 is 10.6 Å². The molecule has 0 fully saturated rings. The second-order valence-electron chi connectivity index (χ2n) is 7.75. The molecule has 0 aromatic heterocycles. The van der Waals surface area contributed by atoms with Crippen LogP contribution in [0.25, 0.3) is 0 Å². The minimum absolute atomic E-state index is 0.0489. The van der Waals surface area contributed by atoms with Crippen molar-refractivity contribution in [3.8, 4) is 0 Å². The van der Waals surface area contributed by atoms with E-state index in [0.717, 1.165) is 25.4 Å². The van der Waals surface area contributed by atoms with Crippen molar-refractivity contribution in [3.05, 3.63) is 81.3 Å². The maximum Gasteiger partial charge on any atom is 0.306 e. The average molecular weight is 576 g/mol. The fraction of sp³-hybridized carbons (Fsp3) is 0.192. The number of rotatable bonds is 9. The SMILES string of the molecule is Cc1cc(NC(=O)COC(=O)CCC(=O)Nc2ccc(Sc3ccc(Cl)cc3)cc2)c(C)cc1Br. The van der Waals surface area contributed by atoms with Gasteiger partial charge in [-0.2, -0.15) is 0 Å². The van der Waals surface area contributed by atoms with Gasteiger partial charge in [0, 0.05) is 37.1 Å². The number of aryl methyl sites for hydroxylation is 2. The summed E-state index contributed by atoms with van der Waals surface area (Å²) in [5.74, 6) is -1.37. The van der Waals surface area contributed by atoms with Gasteiger partial charge in [0.1, 0.15) is 0 Å². The number of anilines is 2. The molecule has 0 saturated carbocycles. The Hall–Kier alpha value is -2.81. The lowest BCUT2D eigenvalue weighted by Gasteiger charge is -2.11. The van der Waals surface area contributed by atoms with E-state index in [-0.39, 0.29) is 18.7 Å². The standard InChI is InChI=1S/C26H24BrClN2O4S/c1-16-14-23(17(2)13-22(16)27)30-25(32)15-34-26(33)12-11-24(31)29-19-5-9-21(10-6-19)35-20-7-3-18(28)4-8-20/h3-10,13-14H,11-12,15H2,1-2H3,(H,29,31)(H,30,32). The van der Waals surface area contributed by atoms with Crippen LogP contribution in [0.2, 0.25) is 5.02 Å². The fourth-order valence-electron chi connectivity index (χ4n) is 3.00. The van der Waals surface area contributed by atoms with E-state index >= 15 is 0 Å². The molecule has 9 heteroatoms. The summed E-state index contributed by atoms with van der Waals surface area (Å²) in [5, 5.41) is 6.17. The summed E-state index contributed by atoms with van der Waals surface area (Å²) in [6.07, 6.45) is -0.174. The molecule has 0 radical (unpaired) electrons. The highest BCUT2D eigenvalue weighted by atomic mass is 79.9. The topological polar surface area (TPSA) is 84.5 Å². The molecule has 0 heterocycles. The summed E-state index contributed by atoms with van der Waals surface area (Å²) in [6.45, 7) is 3.37. The van der Waals surface area contributed by atoms with E-state index < -0.39 is 18.5 Å². The number of hydrogen-bond donors (Lipinski definition) is 2. The number of esters is 1. The first-order valence-corrected chi connectivity index (χ1v) is 12.7. The van der Waals surface area contributed by atoms with Crippen molar-refractivity contribution < 1.29 is 19.1 Å². The van der Waals surface area contributed by atoms with Crippen LogP contribution >= 0.6 is 39.3 Å². The number of halogens is 2. The van der Waals surface area contributed by atoms with Gasteiger partial charge in [0.25, 0.3) is 5.91 Å². The molecule has 0 aliphatic rings. The quantitative estimate of drug-likeness (QED) is 0.275. The maximum absolute atomic E-state index is 12.2. The summed E-state index contributed by atoms with van der Waals surface area (Å²) in [5.41, 5.74) is 3.14. The Morgan fingerprint density at radius 2 is 1.49 bits per heavy atom. The van der Waals surface area contributed by atoms with Gasteiger partial charge in [0.05, 0.1) is 6.42 Å². The largest absolute Gasteiger partial charge is 0.456 e. The number of amides is 2. The molecule has 3 aromatic carbocycles. The zero-order valence-corrected chi connectivity index (χ0v) is 22.4. The molecule has 0 aliphatic carbocycles. The normalized spacial score (nSPS) is 10.5. The molecule has 182 valence electrons. The van der Waals surface area contributed by atoms with Crippen molar-refractivity contribution in [2.24, 2.45) is 0 Å². The second-order valence-corrected chi connectivity index (χ2v) is 10.2. The van der Waals surface area contributed by atoms with Gasteiger partial charge < -0.3 is 15.4 Å². The average Bonchev–Trinajstić information content (AvgIpc) is 2.82. The van der Waals surface area contributed by atoms with Crippen LogP contribution in [0.15, 0.2) is 74.9 Å². The molecular weight excluding hydrogens is 552 g/mol. The van der Waals surface area contributed by atoms with E-state index in [0.29, 0.717) is 16.4 Å². The monoisotopic (exact) mass is 574 g/mol. The molecule has 35 heavy (non-hydrogen) atoms. The van der Waals surface area contributed by atoms with Crippen molar-refractivity contribution >= 4 is 68.5 Å². The van der Waals surface area contributed by atoms with Gasteiger partial charge in [-0.25, -0.2) is 0 Å². The number of ether oxygens (including phenoxy) is 1. The summed E-state index contributed by atoms with van der Waals surface area (Å²) < 4.78 is 5.95. The smallest absolute Gasteiger partial charge is 0.306 e. The Morgan fingerprint density at radius 3 is 2.14 bits per heavy atom. The first-order valence-electron chi connectivity index (χ1n) is 10.7. The Kier molecular flexibility index (Phi) is 9.77. The van der Waals surface area contributed by atoms with Crippen LogP contribution in [-0.4, -0.2) is 24.4 Å². The van der Waals surface area contributed by atoms with Crippen LogP contribution in [0.3, 0.4) is 0 Å². The van der Waals surface area contributed by atoms with Crippen LogP contribution in [0.4, 0.5) is 11.4 Å². The zero-order valence-electron chi connectivity index (χ0n) is 19.2. The highest BCUT2D eigenvalue weighted by Crippen LogP contribution is 2.29. The Morgan fingerprint density at radius 1 is 0.857 bits per heavy atom. The van der Waals surface area contributed by atoms with E-state index in [1.807, 2.05) is 62.4 Å². The lowest BCUT2D eigenvalue weighted by molar-refractivity contribution is -0.147. The van der Waals surface area contributed by atoms with E-state index in [9.17, 15) is 14.4 Å². The van der Waals surface area contributed by atoms with Crippen molar-refractivity contribution in [1.82, 2.24) is 0 Å². The molecule has 3 aromatic rings. The molecule has 0 bridgehead atoms. The molecule has 3 rings (SSSR count). The Labute approximate surface area is 221 Å². The minimum atomic E-state index is -0.617. The Bertz CT molecular complexity index is 1220. The van der Waals surface area contributed by atoms with E-state index in [1.165, 1.54) is 0 Å². The summed E-state index contributed by atoms with van der Waals surface area (Å²) >= 11 is 10.9. The van der Waals surface area contributed by atoms with Crippen LogP contribution in [-0.2, 0) is 19.1 Å². The van der Waals surface area contributed by atoms with Crippen molar-refractivity contribution in [2.75, 3.05) is 17.2 Å². The first-order chi connectivity index (χ1) is 16.7. The number of carbonyl (C=O) groups is 3. The van der Waals surface area contributed by atoms with Gasteiger partial charge in [0.2, 0.25) is 5.91 Å². The zero-order chi connectivity index (χ0) is 25.4. The summed E-state index contributed by atoms with van der Waals surface area (Å²) in [7, 11) is 0. The number of nitrogens with one attached hydrogen (secondary N) is 2. The number of carbonyl (C=O) groups excluding carboxylic acids is 3. The Balaban J connectivity index is 1.38. The molecule has 0 atom stereocenters. The van der Waals surface area contributed by atoms with Crippen molar-refractivity contribution in [2.45, 2.75) is 36.5 Å². The van der Waals surface area contributed by atoms with E-state index in [1.54, 1.807) is 23.9 Å². The molecule has 6 nitrogen and oxygen atoms in total. The predicted molar refractivity (Wildman–Crippen MR) is 143 cm³/mol. The summed E-state index contributed by atoms with van der Waals surface area (Å²) in [4.78, 5) is 38.3. The number of benzene rings is 3. The molecule has 0 unspecified atom stereocenters. The minimum Gasteiger partial charge on any atom is -0.456 e. The highest BCUT2D eigenvalue weighted by Gasteiger charge is 2.12. The third kappa shape index (κ3) is 8.72. The molecule has 2 amide bonds. The van der Waals surface area contributed by atoms with Gasteiger partial charge >= 0.3 is 5.97 Å². The van der Waals surface area contributed by atoms with Gasteiger partial charge in [-0.3, -0.25) is 14.4 Å². The molecule has 0 spiro atoms.